The summed E-state index contributed by atoms with van der Waals surface area (Å²) >= 11 is 5.74. The van der Waals surface area contributed by atoms with E-state index in [1.165, 1.54) is 6.07 Å². The molecule has 1 fully saturated rings. The molecule has 1 aliphatic heterocycles. The quantitative estimate of drug-likeness (QED) is 0.368. The fraction of sp³-hybridized carbons (Fsp3) is 0.320. The molecule has 3 aromatic rings. The third-order valence-corrected chi connectivity index (χ3v) is 7.40. The lowest BCUT2D eigenvalue weighted by atomic mass is 9.98. The highest BCUT2D eigenvalue weighted by Gasteiger charge is 2.42. The number of hydrogen-bond acceptors (Lipinski definition) is 8. The number of aromatic nitrogens is 2. The number of benzene rings is 2. The van der Waals surface area contributed by atoms with Crippen LogP contribution in [0.1, 0.15) is 12.8 Å². The van der Waals surface area contributed by atoms with Crippen LogP contribution in [0, 0.1) is 5.92 Å². The van der Waals surface area contributed by atoms with Gasteiger partial charge in [-0.1, -0.05) is 41.9 Å². The van der Waals surface area contributed by atoms with Crippen LogP contribution in [-0.2, 0) is 14.6 Å². The van der Waals surface area contributed by atoms with E-state index in [4.69, 9.17) is 16.3 Å². The number of carbonyl (C=O) groups is 1. The lowest BCUT2D eigenvalue weighted by molar-refractivity contribution is -0.189. The predicted molar refractivity (Wildman–Crippen MR) is 134 cm³/mol. The molecule has 1 saturated heterocycles. The van der Waals surface area contributed by atoms with Gasteiger partial charge in [0, 0.05) is 31.0 Å². The molecule has 0 unspecified atom stereocenters. The summed E-state index contributed by atoms with van der Waals surface area (Å²) in [5, 5.41) is 7.04. The van der Waals surface area contributed by atoms with E-state index in [2.05, 4.69) is 14.9 Å². The van der Waals surface area contributed by atoms with Crippen molar-refractivity contribution in [1.82, 2.24) is 10.2 Å². The van der Waals surface area contributed by atoms with Gasteiger partial charge in [-0.25, -0.2) is 13.2 Å². The lowest BCUT2D eigenvalue weighted by Gasteiger charge is -2.32. The third-order valence-electron chi connectivity index (χ3n) is 6.00. The summed E-state index contributed by atoms with van der Waals surface area (Å²) < 4.78 is 72.8. The fourth-order valence-electron chi connectivity index (χ4n) is 4.03. The number of carbonyl (C=O) groups excluding carboxylic acids is 1. The molecule has 0 atom stereocenters. The second-order valence-corrected chi connectivity index (χ2v) is 11.1. The molecule has 8 nitrogen and oxygen atoms in total. The Morgan fingerprint density at radius 3 is 2.39 bits per heavy atom. The first-order chi connectivity index (χ1) is 17.9. The molecule has 13 heteroatoms. The van der Waals surface area contributed by atoms with Crippen LogP contribution in [0.3, 0.4) is 0 Å². The summed E-state index contributed by atoms with van der Waals surface area (Å²) in [6.07, 6.45) is -2.68. The van der Waals surface area contributed by atoms with Gasteiger partial charge in [-0.2, -0.15) is 13.2 Å². The Morgan fingerprint density at radius 2 is 1.76 bits per heavy atom. The first kappa shape index (κ1) is 27.6. The van der Waals surface area contributed by atoms with Gasteiger partial charge < -0.3 is 14.4 Å². The van der Waals surface area contributed by atoms with Gasteiger partial charge in [0.1, 0.15) is 5.75 Å². The normalized spacial score (nSPS) is 14.8. The highest BCUT2D eigenvalue weighted by Crippen LogP contribution is 2.32. The fourth-order valence-corrected chi connectivity index (χ4v) is 5.08. The molecule has 0 saturated carbocycles. The molecule has 0 aliphatic carbocycles. The van der Waals surface area contributed by atoms with Gasteiger partial charge in [0.15, 0.2) is 26.6 Å². The number of rotatable bonds is 7. The minimum Gasteiger partial charge on any atom is -0.493 e. The van der Waals surface area contributed by atoms with Crippen LogP contribution in [-0.4, -0.2) is 56.7 Å². The maximum absolute atomic E-state index is 12.5. The lowest BCUT2D eigenvalue weighted by Crippen LogP contribution is -2.36. The zero-order chi connectivity index (χ0) is 27.5. The van der Waals surface area contributed by atoms with E-state index in [0.717, 1.165) is 17.9 Å². The van der Waals surface area contributed by atoms with Crippen molar-refractivity contribution in [3.8, 4) is 22.6 Å². The van der Waals surface area contributed by atoms with Crippen LogP contribution in [0.2, 0.25) is 5.15 Å². The number of sulfone groups is 1. The predicted octanol–water partition coefficient (Wildman–Crippen LogP) is 4.96. The highest BCUT2D eigenvalue weighted by atomic mass is 35.5. The second kappa shape index (κ2) is 11.2. The van der Waals surface area contributed by atoms with Crippen molar-refractivity contribution in [3.63, 3.8) is 0 Å². The van der Waals surface area contributed by atoms with Gasteiger partial charge in [0.05, 0.1) is 11.5 Å². The van der Waals surface area contributed by atoms with E-state index in [0.29, 0.717) is 43.9 Å². The molecule has 0 spiro atoms. The molecule has 2 aromatic carbocycles. The number of halogens is 4. The molecule has 202 valence electrons. The Morgan fingerprint density at radius 1 is 1.08 bits per heavy atom. The minimum atomic E-state index is -5.17. The van der Waals surface area contributed by atoms with Crippen LogP contribution < -0.4 is 14.4 Å². The summed E-state index contributed by atoms with van der Waals surface area (Å²) in [7, 11) is -3.51. The SMILES string of the molecule is CS(=O)(=O)c1cc(OCC2CCN(c3cc(OC(=O)C(F)(F)F)c(Cl)nn3)CC2)ccc1-c1ccccc1. The van der Waals surface area contributed by atoms with E-state index in [-0.39, 0.29) is 16.6 Å². The first-order valence-electron chi connectivity index (χ1n) is 11.5. The van der Waals surface area contributed by atoms with Crippen LogP contribution in [0.5, 0.6) is 11.5 Å². The molecule has 0 amide bonds. The van der Waals surface area contributed by atoms with Crippen molar-refractivity contribution in [3.05, 3.63) is 59.8 Å². The highest BCUT2D eigenvalue weighted by molar-refractivity contribution is 7.90. The van der Waals surface area contributed by atoms with E-state index >= 15 is 0 Å². The maximum Gasteiger partial charge on any atom is 0.491 e. The monoisotopic (exact) mass is 569 g/mol. The molecule has 38 heavy (non-hydrogen) atoms. The van der Waals surface area contributed by atoms with Gasteiger partial charge in [0.25, 0.3) is 0 Å². The Hall–Kier alpha value is -3.38. The van der Waals surface area contributed by atoms with E-state index in [1.807, 2.05) is 30.3 Å². The van der Waals surface area contributed by atoms with Gasteiger partial charge in [-0.3, -0.25) is 0 Å². The van der Waals surface area contributed by atoms with E-state index in [1.54, 1.807) is 17.0 Å². The van der Waals surface area contributed by atoms with Crippen LogP contribution in [0.15, 0.2) is 59.5 Å². The zero-order valence-electron chi connectivity index (χ0n) is 20.1. The smallest absolute Gasteiger partial charge is 0.491 e. The van der Waals surface area contributed by atoms with Gasteiger partial charge in [0.2, 0.25) is 0 Å². The average Bonchev–Trinajstić information content (AvgIpc) is 2.88. The Labute approximate surface area is 222 Å². The van der Waals surface area contributed by atoms with E-state index < -0.39 is 32.9 Å². The minimum absolute atomic E-state index is 0.143. The van der Waals surface area contributed by atoms with Crippen molar-refractivity contribution in [2.75, 3.05) is 30.9 Å². The third kappa shape index (κ3) is 6.73. The summed E-state index contributed by atoms with van der Waals surface area (Å²) in [5.41, 5.74) is 1.38. The number of ether oxygens (including phenoxy) is 2. The van der Waals surface area contributed by atoms with Gasteiger partial charge >= 0.3 is 12.1 Å². The number of anilines is 1. The summed E-state index contributed by atoms with van der Waals surface area (Å²) in [6.45, 7) is 1.35. The number of hydrogen-bond donors (Lipinski definition) is 0. The topological polar surface area (TPSA) is 98.7 Å². The zero-order valence-corrected chi connectivity index (χ0v) is 21.7. The Bertz CT molecular complexity index is 1410. The number of piperidine rings is 1. The Kier molecular flexibility index (Phi) is 8.12. The van der Waals surface area contributed by atoms with Crippen molar-refractivity contribution in [1.29, 1.82) is 0 Å². The Balaban J connectivity index is 1.38. The van der Waals surface area contributed by atoms with Crippen LogP contribution >= 0.6 is 11.6 Å². The molecule has 1 aliphatic rings. The standard InChI is InChI=1S/C25H23ClF3N3O5S/c1-38(34,35)21-13-18(7-8-19(21)17-5-3-2-4-6-17)36-15-16-9-11-32(12-10-16)22-14-20(23(26)31-30-22)37-24(33)25(27,28)29/h2-8,13-14,16H,9-12,15H2,1H3. The van der Waals surface area contributed by atoms with Crippen molar-refractivity contribution >= 4 is 33.2 Å². The molecular weight excluding hydrogens is 547 g/mol. The number of esters is 1. The summed E-state index contributed by atoms with van der Waals surface area (Å²) in [5.74, 6) is -2.11. The first-order valence-corrected chi connectivity index (χ1v) is 13.8. The molecule has 2 heterocycles. The molecule has 0 radical (unpaired) electrons. The number of alkyl halides is 3. The van der Waals surface area contributed by atoms with Crippen LogP contribution in [0.25, 0.3) is 11.1 Å². The largest absolute Gasteiger partial charge is 0.493 e. The molecule has 1 aromatic heterocycles. The second-order valence-electron chi connectivity index (χ2n) is 8.78. The average molecular weight is 570 g/mol. The van der Waals surface area contributed by atoms with Crippen molar-refractivity contribution in [2.45, 2.75) is 23.9 Å². The molecule has 0 N–H and O–H groups in total. The van der Waals surface area contributed by atoms with Crippen molar-refractivity contribution < 1.29 is 35.9 Å². The summed E-state index contributed by atoms with van der Waals surface area (Å²) in [6, 6.07) is 15.3. The van der Waals surface area contributed by atoms with E-state index in [9.17, 15) is 26.4 Å². The molecule has 4 rings (SSSR count). The van der Waals surface area contributed by atoms with Gasteiger partial charge in [-0.15, -0.1) is 10.2 Å². The van der Waals surface area contributed by atoms with Crippen molar-refractivity contribution in [2.24, 2.45) is 5.92 Å². The molecular formula is C25H23ClF3N3O5S. The van der Waals surface area contributed by atoms with Crippen LogP contribution in [0.4, 0.5) is 19.0 Å². The number of nitrogens with zero attached hydrogens (tertiary/aromatic N) is 3. The molecule has 0 bridgehead atoms. The summed E-state index contributed by atoms with van der Waals surface area (Å²) in [4.78, 5) is 13.1. The maximum atomic E-state index is 12.5. The van der Waals surface area contributed by atoms with Gasteiger partial charge in [-0.05, 0) is 42.5 Å².